The van der Waals surface area contributed by atoms with Crippen molar-refractivity contribution >= 4 is 11.6 Å². The van der Waals surface area contributed by atoms with Crippen LogP contribution in [-0.4, -0.2) is 31.2 Å². The molecule has 0 spiro atoms. The number of Topliss-reactive ketones (excluding diaryl/α,β-unsaturated/α-hetero) is 2. The molecule has 1 N–H and O–H groups in total. The zero-order valence-electron chi connectivity index (χ0n) is 16.0. The molecule has 0 bridgehead atoms. The molecule has 0 radical (unpaired) electrons. The number of likely N-dealkylation sites (tertiary alicyclic amines) is 1. The van der Waals surface area contributed by atoms with Gasteiger partial charge in [0.25, 0.3) is 0 Å². The Balaban J connectivity index is 1.60. The van der Waals surface area contributed by atoms with Gasteiger partial charge in [-0.2, -0.15) is 0 Å². The van der Waals surface area contributed by atoms with Crippen molar-refractivity contribution in [2.24, 2.45) is 5.92 Å². The maximum atomic E-state index is 13.1. The smallest absolute Gasteiger partial charge is 0.171 e. The van der Waals surface area contributed by atoms with Gasteiger partial charge in [-0.25, -0.2) is 0 Å². The second-order valence-electron chi connectivity index (χ2n) is 7.62. The van der Waals surface area contributed by atoms with Crippen LogP contribution >= 0.6 is 0 Å². The van der Waals surface area contributed by atoms with E-state index in [9.17, 15) is 9.59 Å². The Bertz CT molecular complexity index is 721. The lowest BCUT2D eigenvalue weighted by atomic mass is 9.90. The fourth-order valence-corrected chi connectivity index (χ4v) is 4.05. The number of carbonyl (C=O) groups excluding carboxylic acids is 2. The summed E-state index contributed by atoms with van der Waals surface area (Å²) in [5.74, 6) is 0.414. The van der Waals surface area contributed by atoms with Crippen molar-refractivity contribution < 1.29 is 14.5 Å². The van der Waals surface area contributed by atoms with Gasteiger partial charge in [0, 0.05) is 17.5 Å². The number of carbonyl (C=O) groups is 2. The first-order valence-electron chi connectivity index (χ1n) is 10.2. The summed E-state index contributed by atoms with van der Waals surface area (Å²) in [6.45, 7) is 3.23. The molecule has 1 atom stereocenters. The first-order chi connectivity index (χ1) is 13.2. The largest absolute Gasteiger partial charge is 0.334 e. The summed E-state index contributed by atoms with van der Waals surface area (Å²) >= 11 is 0. The lowest BCUT2D eigenvalue weighted by Crippen LogP contribution is -3.13. The van der Waals surface area contributed by atoms with Crippen molar-refractivity contribution in [1.82, 2.24) is 0 Å². The van der Waals surface area contributed by atoms with E-state index >= 15 is 0 Å². The summed E-state index contributed by atoms with van der Waals surface area (Å²) in [6, 6.07) is 19.1. The van der Waals surface area contributed by atoms with Crippen molar-refractivity contribution in [2.75, 3.05) is 19.6 Å². The number of rotatable bonds is 9. The van der Waals surface area contributed by atoms with Gasteiger partial charge in [0.05, 0.1) is 25.6 Å². The molecule has 1 heterocycles. The molecular formula is C24H30NO2+. The summed E-state index contributed by atoms with van der Waals surface area (Å²) in [6.07, 6.45) is 5.90. The fourth-order valence-electron chi connectivity index (χ4n) is 4.05. The van der Waals surface area contributed by atoms with E-state index in [1.165, 1.54) is 32.4 Å². The molecule has 27 heavy (non-hydrogen) atoms. The molecule has 3 nitrogen and oxygen atoms in total. The number of ketones is 2. The second kappa shape index (κ2) is 10.2. The van der Waals surface area contributed by atoms with Gasteiger partial charge in [-0.15, -0.1) is 0 Å². The van der Waals surface area contributed by atoms with Crippen molar-refractivity contribution in [1.29, 1.82) is 0 Å². The molecule has 1 aliphatic rings. The number of benzene rings is 2. The van der Waals surface area contributed by atoms with E-state index in [1.807, 2.05) is 60.7 Å². The Morgan fingerprint density at radius 2 is 1.41 bits per heavy atom. The SMILES string of the molecule is O=C(CCCC(C[NH+]1CCCCC1)C(=O)c1ccccc1)c1ccccc1. The first kappa shape index (κ1) is 19.5. The van der Waals surface area contributed by atoms with Crippen LogP contribution in [0.4, 0.5) is 0 Å². The Morgan fingerprint density at radius 1 is 0.815 bits per heavy atom. The van der Waals surface area contributed by atoms with Crippen LogP contribution in [0.1, 0.15) is 59.2 Å². The number of hydrogen-bond acceptors (Lipinski definition) is 2. The average Bonchev–Trinajstić information content (AvgIpc) is 2.74. The van der Waals surface area contributed by atoms with E-state index in [2.05, 4.69) is 0 Å². The maximum absolute atomic E-state index is 13.1. The monoisotopic (exact) mass is 364 g/mol. The molecule has 1 unspecified atom stereocenters. The molecule has 2 aromatic rings. The Kier molecular flexibility index (Phi) is 7.35. The summed E-state index contributed by atoms with van der Waals surface area (Å²) in [7, 11) is 0. The fraction of sp³-hybridized carbons (Fsp3) is 0.417. The molecule has 1 fully saturated rings. The topological polar surface area (TPSA) is 38.6 Å². The summed E-state index contributed by atoms with van der Waals surface area (Å²) in [5, 5.41) is 0. The van der Waals surface area contributed by atoms with Crippen LogP contribution < -0.4 is 4.90 Å². The highest BCUT2D eigenvalue weighted by Crippen LogP contribution is 2.16. The van der Waals surface area contributed by atoms with Crippen molar-refractivity contribution in [2.45, 2.75) is 38.5 Å². The standard InChI is InChI=1S/C24H29NO2/c26-23(20-11-4-1-5-12-20)16-10-15-22(19-25-17-8-3-9-18-25)24(27)21-13-6-2-7-14-21/h1-2,4-7,11-14,22H,3,8-10,15-19H2/p+1. The number of hydrogen-bond donors (Lipinski definition) is 1. The Labute approximate surface area is 162 Å². The number of nitrogens with one attached hydrogen (secondary N) is 1. The molecular weight excluding hydrogens is 334 g/mol. The van der Waals surface area contributed by atoms with Gasteiger partial charge in [0.2, 0.25) is 0 Å². The number of quaternary nitrogens is 1. The van der Waals surface area contributed by atoms with Gasteiger partial charge in [0.15, 0.2) is 11.6 Å². The Morgan fingerprint density at radius 3 is 2.04 bits per heavy atom. The minimum Gasteiger partial charge on any atom is -0.334 e. The van der Waals surface area contributed by atoms with Gasteiger partial charge < -0.3 is 4.90 Å². The highest BCUT2D eigenvalue weighted by molar-refractivity contribution is 5.98. The quantitative estimate of drug-likeness (QED) is 0.691. The lowest BCUT2D eigenvalue weighted by molar-refractivity contribution is -0.907. The van der Waals surface area contributed by atoms with Crippen molar-refractivity contribution in [3.8, 4) is 0 Å². The van der Waals surface area contributed by atoms with E-state index in [1.54, 1.807) is 4.90 Å². The van der Waals surface area contributed by atoms with Gasteiger partial charge >= 0.3 is 0 Å². The van der Waals surface area contributed by atoms with Gasteiger partial charge in [0.1, 0.15) is 0 Å². The highest BCUT2D eigenvalue weighted by Gasteiger charge is 2.26. The molecule has 1 saturated heterocycles. The van der Waals surface area contributed by atoms with Crippen LogP contribution in [0, 0.1) is 5.92 Å². The predicted octanol–water partition coefficient (Wildman–Crippen LogP) is 3.61. The molecule has 3 heteroatoms. The number of piperidine rings is 1. The third-order valence-electron chi connectivity index (χ3n) is 5.58. The van der Waals surface area contributed by atoms with Gasteiger partial charge in [-0.1, -0.05) is 60.7 Å². The molecule has 2 aromatic carbocycles. The van der Waals surface area contributed by atoms with E-state index in [4.69, 9.17) is 0 Å². The lowest BCUT2D eigenvalue weighted by Gasteiger charge is -2.27. The third-order valence-corrected chi connectivity index (χ3v) is 5.58. The zero-order valence-corrected chi connectivity index (χ0v) is 16.0. The zero-order chi connectivity index (χ0) is 18.9. The van der Waals surface area contributed by atoms with Crippen LogP contribution in [0.5, 0.6) is 0 Å². The van der Waals surface area contributed by atoms with Gasteiger partial charge in [-0.05, 0) is 32.1 Å². The molecule has 0 amide bonds. The maximum Gasteiger partial charge on any atom is 0.171 e. The highest BCUT2D eigenvalue weighted by atomic mass is 16.1. The van der Waals surface area contributed by atoms with Crippen molar-refractivity contribution in [3.05, 3.63) is 71.8 Å². The molecule has 142 valence electrons. The minimum atomic E-state index is 0.00377. The van der Waals surface area contributed by atoms with Crippen LogP contribution in [0.25, 0.3) is 0 Å². The molecule has 0 aliphatic carbocycles. The normalized spacial score (nSPS) is 16.0. The molecule has 3 rings (SSSR count). The summed E-state index contributed by atoms with van der Waals surface area (Å²) in [5.41, 5.74) is 1.57. The van der Waals surface area contributed by atoms with Crippen LogP contribution in [0.3, 0.4) is 0 Å². The van der Waals surface area contributed by atoms with E-state index in [-0.39, 0.29) is 17.5 Å². The molecule has 1 aliphatic heterocycles. The Hall–Kier alpha value is -2.26. The summed E-state index contributed by atoms with van der Waals surface area (Å²) < 4.78 is 0. The van der Waals surface area contributed by atoms with E-state index in [0.717, 1.165) is 30.5 Å². The van der Waals surface area contributed by atoms with Crippen LogP contribution in [0.2, 0.25) is 0 Å². The van der Waals surface area contributed by atoms with Gasteiger partial charge in [-0.3, -0.25) is 9.59 Å². The average molecular weight is 365 g/mol. The van der Waals surface area contributed by atoms with Crippen LogP contribution in [0.15, 0.2) is 60.7 Å². The van der Waals surface area contributed by atoms with E-state index < -0.39 is 0 Å². The van der Waals surface area contributed by atoms with Crippen LogP contribution in [-0.2, 0) is 0 Å². The molecule has 0 saturated carbocycles. The third kappa shape index (κ3) is 5.86. The van der Waals surface area contributed by atoms with E-state index in [0.29, 0.717) is 6.42 Å². The van der Waals surface area contributed by atoms with Crippen molar-refractivity contribution in [3.63, 3.8) is 0 Å². The minimum absolute atomic E-state index is 0.00377. The second-order valence-corrected chi connectivity index (χ2v) is 7.62. The summed E-state index contributed by atoms with van der Waals surface area (Å²) in [4.78, 5) is 27.0. The predicted molar refractivity (Wildman–Crippen MR) is 108 cm³/mol. The molecule has 0 aromatic heterocycles. The first-order valence-corrected chi connectivity index (χ1v) is 10.2.